The van der Waals surface area contributed by atoms with Crippen molar-refractivity contribution in [1.29, 1.82) is 0 Å². The molecule has 0 unspecified atom stereocenters. The van der Waals surface area contributed by atoms with E-state index in [9.17, 15) is 4.79 Å². The summed E-state index contributed by atoms with van der Waals surface area (Å²) in [6.07, 6.45) is 8.49. The molecule has 0 aliphatic carbocycles. The number of imidazole rings is 1. The maximum absolute atomic E-state index is 13.7. The number of hydrogen-bond acceptors (Lipinski definition) is 6. The summed E-state index contributed by atoms with van der Waals surface area (Å²) in [6.45, 7) is 4.84. The van der Waals surface area contributed by atoms with Crippen LogP contribution in [0, 0.1) is 6.92 Å². The minimum absolute atomic E-state index is 0.0848. The number of aromatic nitrogens is 7. The molecule has 1 N–H and O–H groups in total. The van der Waals surface area contributed by atoms with Gasteiger partial charge in [-0.2, -0.15) is 0 Å². The fraction of sp³-hybridized carbons (Fsp3) is 0.214. The van der Waals surface area contributed by atoms with E-state index in [2.05, 4.69) is 49.4 Å². The van der Waals surface area contributed by atoms with Crippen molar-refractivity contribution in [2.75, 3.05) is 0 Å². The summed E-state index contributed by atoms with van der Waals surface area (Å²) in [4.78, 5) is 22.6. The van der Waals surface area contributed by atoms with Gasteiger partial charge in [0, 0.05) is 48.2 Å². The maximum Gasteiger partial charge on any atom is 0.195 e. The van der Waals surface area contributed by atoms with Gasteiger partial charge in [0.2, 0.25) is 0 Å². The number of nitrogens with zero attached hydrogens (tertiary/aromatic N) is 6. The molecule has 0 atom stereocenters. The third kappa shape index (κ3) is 4.84. The molecule has 180 valence electrons. The summed E-state index contributed by atoms with van der Waals surface area (Å²) in [6, 6.07) is 17.4. The number of hydrogen-bond donors (Lipinski definition) is 1. The van der Waals surface area contributed by atoms with E-state index < -0.39 is 0 Å². The monoisotopic (exact) mass is 477 g/mol. The second kappa shape index (κ2) is 10.4. The Hall–Kier alpha value is -4.46. The number of aryl methyl sites for hydroxylation is 2. The highest BCUT2D eigenvalue weighted by molar-refractivity contribution is 6.13. The standard InChI is InChI=1S/C28H27N7O/c1-3-4-11-26-30-19(2)17-35(26)18-20-12-13-23(25(15-20)27(36)21-8-7-14-29-16-21)22-9-5-6-10-24(22)28-31-33-34-32-28/h5-10,12-17H,3-4,11,18H2,1-2H3,(H,31,32,33,34). The van der Waals surface area contributed by atoms with E-state index >= 15 is 0 Å². The van der Waals surface area contributed by atoms with E-state index in [1.807, 2.05) is 43.3 Å². The molecular weight excluding hydrogens is 450 g/mol. The number of carbonyl (C=O) groups is 1. The summed E-state index contributed by atoms with van der Waals surface area (Å²) in [5.74, 6) is 1.53. The lowest BCUT2D eigenvalue weighted by molar-refractivity contribution is 0.103. The van der Waals surface area contributed by atoms with Crippen LogP contribution in [0.4, 0.5) is 0 Å². The van der Waals surface area contributed by atoms with Gasteiger partial charge >= 0.3 is 0 Å². The zero-order valence-corrected chi connectivity index (χ0v) is 20.3. The first-order valence-corrected chi connectivity index (χ1v) is 12.1. The molecule has 5 aromatic rings. The predicted octanol–water partition coefficient (Wildman–Crippen LogP) is 5.06. The molecule has 0 aliphatic heterocycles. The Morgan fingerprint density at radius 2 is 1.89 bits per heavy atom. The topological polar surface area (TPSA) is 102 Å². The Balaban J connectivity index is 1.61. The summed E-state index contributed by atoms with van der Waals surface area (Å²) < 4.78 is 2.19. The number of tetrazole rings is 1. The van der Waals surface area contributed by atoms with E-state index in [4.69, 9.17) is 4.98 Å². The minimum Gasteiger partial charge on any atom is -0.330 e. The first-order valence-electron chi connectivity index (χ1n) is 12.1. The van der Waals surface area contributed by atoms with Gasteiger partial charge in [-0.3, -0.25) is 9.78 Å². The number of nitrogens with one attached hydrogen (secondary N) is 1. The van der Waals surface area contributed by atoms with Crippen LogP contribution in [0.25, 0.3) is 22.5 Å². The van der Waals surface area contributed by atoms with Crippen LogP contribution in [-0.4, -0.2) is 40.9 Å². The lowest BCUT2D eigenvalue weighted by Gasteiger charge is -2.15. The van der Waals surface area contributed by atoms with Gasteiger partial charge in [-0.1, -0.05) is 49.7 Å². The summed E-state index contributed by atoms with van der Waals surface area (Å²) in [5.41, 5.74) is 5.68. The van der Waals surface area contributed by atoms with E-state index in [0.29, 0.717) is 23.5 Å². The smallest absolute Gasteiger partial charge is 0.195 e. The number of carbonyl (C=O) groups excluding carboxylic acids is 1. The van der Waals surface area contributed by atoms with Gasteiger partial charge in [-0.15, -0.1) is 5.10 Å². The van der Waals surface area contributed by atoms with Crippen LogP contribution in [0.1, 0.15) is 52.8 Å². The normalized spacial score (nSPS) is 11.1. The fourth-order valence-corrected chi connectivity index (χ4v) is 4.43. The molecule has 0 fully saturated rings. The zero-order valence-electron chi connectivity index (χ0n) is 20.3. The van der Waals surface area contributed by atoms with Gasteiger partial charge in [0.25, 0.3) is 0 Å². The second-order valence-corrected chi connectivity index (χ2v) is 8.78. The van der Waals surface area contributed by atoms with Gasteiger partial charge < -0.3 is 4.57 Å². The van der Waals surface area contributed by atoms with Crippen LogP contribution in [0.3, 0.4) is 0 Å². The Morgan fingerprint density at radius 1 is 1.03 bits per heavy atom. The van der Waals surface area contributed by atoms with Gasteiger partial charge in [0.1, 0.15) is 5.82 Å². The average molecular weight is 478 g/mol. The van der Waals surface area contributed by atoms with Crippen molar-refractivity contribution < 1.29 is 4.79 Å². The summed E-state index contributed by atoms with van der Waals surface area (Å²) >= 11 is 0. The molecule has 0 saturated carbocycles. The molecule has 36 heavy (non-hydrogen) atoms. The third-order valence-electron chi connectivity index (χ3n) is 6.16. The van der Waals surface area contributed by atoms with Crippen LogP contribution < -0.4 is 0 Å². The average Bonchev–Trinajstić information content (AvgIpc) is 3.57. The molecule has 0 saturated heterocycles. The van der Waals surface area contributed by atoms with E-state index in [0.717, 1.165) is 53.0 Å². The zero-order chi connectivity index (χ0) is 24.9. The molecule has 8 heteroatoms. The highest BCUT2D eigenvalue weighted by atomic mass is 16.1. The number of rotatable bonds is 9. The van der Waals surface area contributed by atoms with Gasteiger partial charge in [0.15, 0.2) is 11.6 Å². The summed E-state index contributed by atoms with van der Waals surface area (Å²) in [7, 11) is 0. The van der Waals surface area contributed by atoms with Crippen LogP contribution in [0.5, 0.6) is 0 Å². The molecule has 8 nitrogen and oxygen atoms in total. The van der Waals surface area contributed by atoms with E-state index in [1.54, 1.807) is 24.5 Å². The van der Waals surface area contributed by atoms with Crippen molar-refractivity contribution in [3.63, 3.8) is 0 Å². The number of unbranched alkanes of at least 4 members (excludes halogenated alkanes) is 1. The first kappa shape index (κ1) is 23.3. The van der Waals surface area contributed by atoms with Crippen molar-refractivity contribution in [2.45, 2.75) is 39.7 Å². The highest BCUT2D eigenvalue weighted by Gasteiger charge is 2.20. The lowest BCUT2D eigenvalue weighted by atomic mass is 9.90. The summed E-state index contributed by atoms with van der Waals surface area (Å²) in [5, 5.41) is 14.4. The Bertz CT molecular complexity index is 1470. The van der Waals surface area contributed by atoms with Crippen LogP contribution in [0.2, 0.25) is 0 Å². The molecule has 5 rings (SSSR count). The first-order chi connectivity index (χ1) is 17.6. The van der Waals surface area contributed by atoms with Crippen LogP contribution in [0.15, 0.2) is 73.2 Å². The molecular formula is C28H27N7O. The van der Waals surface area contributed by atoms with Gasteiger partial charge in [-0.05, 0) is 58.7 Å². The quantitative estimate of drug-likeness (QED) is 0.298. The fourth-order valence-electron chi connectivity index (χ4n) is 4.43. The SMILES string of the molecule is CCCCc1nc(C)cn1Cc1ccc(-c2ccccc2-c2nnn[nH]2)c(C(=O)c2cccnc2)c1. The van der Waals surface area contributed by atoms with Crippen molar-refractivity contribution in [2.24, 2.45) is 0 Å². The molecule has 3 heterocycles. The number of H-pyrrole nitrogens is 1. The van der Waals surface area contributed by atoms with Crippen molar-refractivity contribution in [3.05, 3.63) is 101 Å². The highest BCUT2D eigenvalue weighted by Crippen LogP contribution is 2.34. The molecule has 0 amide bonds. The molecule has 0 spiro atoms. The number of pyridine rings is 1. The Morgan fingerprint density at radius 3 is 2.64 bits per heavy atom. The number of benzene rings is 2. The number of ketones is 1. The van der Waals surface area contributed by atoms with Crippen molar-refractivity contribution >= 4 is 5.78 Å². The van der Waals surface area contributed by atoms with Crippen molar-refractivity contribution in [3.8, 4) is 22.5 Å². The van der Waals surface area contributed by atoms with Gasteiger partial charge in [0.05, 0.1) is 5.69 Å². The van der Waals surface area contributed by atoms with Crippen LogP contribution >= 0.6 is 0 Å². The molecule has 0 aliphatic rings. The molecule has 0 bridgehead atoms. The third-order valence-corrected chi connectivity index (χ3v) is 6.16. The largest absolute Gasteiger partial charge is 0.330 e. The minimum atomic E-state index is -0.0848. The molecule has 2 aromatic carbocycles. The molecule has 3 aromatic heterocycles. The van der Waals surface area contributed by atoms with E-state index in [-0.39, 0.29) is 5.78 Å². The lowest BCUT2D eigenvalue weighted by Crippen LogP contribution is -2.08. The predicted molar refractivity (Wildman–Crippen MR) is 137 cm³/mol. The van der Waals surface area contributed by atoms with Gasteiger partial charge in [-0.25, -0.2) is 10.1 Å². The molecule has 0 radical (unpaired) electrons. The Labute approximate surface area is 209 Å². The Kier molecular flexibility index (Phi) is 6.75. The second-order valence-electron chi connectivity index (χ2n) is 8.78. The van der Waals surface area contributed by atoms with Crippen molar-refractivity contribution in [1.82, 2.24) is 35.2 Å². The van der Waals surface area contributed by atoms with Crippen LogP contribution in [-0.2, 0) is 13.0 Å². The number of aromatic amines is 1. The maximum atomic E-state index is 13.7. The van der Waals surface area contributed by atoms with E-state index in [1.165, 1.54) is 0 Å².